The smallest absolute Gasteiger partial charge is 0.239 e. The standard InChI is InChI=1S/C14H25N5O/c1-11-8-13(18(4)16-11)15-14(20)10-19-7-5-6-12(9-19)17(2)3/h8,12H,5-7,9-10H2,1-4H3,(H,15,20)/t12-/m1/s1. The molecular formula is C14H25N5O. The first-order valence-electron chi connectivity index (χ1n) is 7.15. The summed E-state index contributed by atoms with van der Waals surface area (Å²) in [7, 11) is 6.05. The number of carbonyl (C=O) groups excluding carboxylic acids is 1. The van der Waals surface area contributed by atoms with Crippen LogP contribution in [-0.4, -0.2) is 65.3 Å². The molecule has 6 nitrogen and oxygen atoms in total. The van der Waals surface area contributed by atoms with Crippen LogP contribution in [-0.2, 0) is 11.8 Å². The molecular weight excluding hydrogens is 254 g/mol. The van der Waals surface area contributed by atoms with Crippen molar-refractivity contribution in [3.05, 3.63) is 11.8 Å². The van der Waals surface area contributed by atoms with E-state index in [2.05, 4.69) is 34.3 Å². The first-order valence-corrected chi connectivity index (χ1v) is 7.15. The summed E-state index contributed by atoms with van der Waals surface area (Å²) in [6, 6.07) is 2.44. The van der Waals surface area contributed by atoms with Gasteiger partial charge >= 0.3 is 0 Å². The van der Waals surface area contributed by atoms with E-state index in [4.69, 9.17) is 0 Å². The van der Waals surface area contributed by atoms with Crippen LogP contribution >= 0.6 is 0 Å². The van der Waals surface area contributed by atoms with Crippen LogP contribution in [0.5, 0.6) is 0 Å². The van der Waals surface area contributed by atoms with E-state index in [0.29, 0.717) is 12.6 Å². The van der Waals surface area contributed by atoms with Crippen molar-refractivity contribution in [1.82, 2.24) is 19.6 Å². The number of hydrogen-bond donors (Lipinski definition) is 1. The van der Waals surface area contributed by atoms with E-state index in [0.717, 1.165) is 31.0 Å². The molecule has 1 aromatic heterocycles. The lowest BCUT2D eigenvalue weighted by molar-refractivity contribution is -0.117. The highest BCUT2D eigenvalue weighted by Crippen LogP contribution is 2.14. The van der Waals surface area contributed by atoms with Gasteiger partial charge in [-0.2, -0.15) is 5.10 Å². The van der Waals surface area contributed by atoms with Crippen LogP contribution in [0.3, 0.4) is 0 Å². The Bertz CT molecular complexity index is 468. The quantitative estimate of drug-likeness (QED) is 0.881. The molecule has 0 aromatic carbocycles. The number of nitrogens with one attached hydrogen (secondary N) is 1. The molecule has 2 rings (SSSR count). The van der Waals surface area contributed by atoms with E-state index >= 15 is 0 Å². The van der Waals surface area contributed by atoms with Crippen LogP contribution in [0.15, 0.2) is 6.07 Å². The monoisotopic (exact) mass is 279 g/mol. The van der Waals surface area contributed by atoms with Gasteiger partial charge in [-0.1, -0.05) is 0 Å². The summed E-state index contributed by atoms with van der Waals surface area (Å²) >= 11 is 0. The minimum atomic E-state index is 0.0346. The number of piperidine rings is 1. The minimum Gasteiger partial charge on any atom is -0.310 e. The highest BCUT2D eigenvalue weighted by atomic mass is 16.2. The lowest BCUT2D eigenvalue weighted by atomic mass is 10.1. The third-order valence-corrected chi connectivity index (χ3v) is 3.85. The Labute approximate surface area is 120 Å². The van der Waals surface area contributed by atoms with Crippen molar-refractivity contribution in [1.29, 1.82) is 0 Å². The van der Waals surface area contributed by atoms with Gasteiger partial charge in [0.15, 0.2) is 0 Å². The van der Waals surface area contributed by atoms with Crippen LogP contribution in [0.1, 0.15) is 18.5 Å². The van der Waals surface area contributed by atoms with Gasteiger partial charge in [0.25, 0.3) is 0 Å². The first-order chi connectivity index (χ1) is 9.45. The average molecular weight is 279 g/mol. The number of aromatic nitrogens is 2. The van der Waals surface area contributed by atoms with Gasteiger partial charge in [-0.15, -0.1) is 0 Å². The Morgan fingerprint density at radius 2 is 2.30 bits per heavy atom. The van der Waals surface area contributed by atoms with Crippen molar-refractivity contribution in [2.24, 2.45) is 7.05 Å². The molecule has 1 saturated heterocycles. The maximum Gasteiger partial charge on any atom is 0.239 e. The maximum absolute atomic E-state index is 12.1. The molecule has 1 aromatic rings. The number of hydrogen-bond acceptors (Lipinski definition) is 4. The summed E-state index contributed by atoms with van der Waals surface area (Å²) in [6.45, 7) is 4.34. The minimum absolute atomic E-state index is 0.0346. The molecule has 6 heteroatoms. The van der Waals surface area contributed by atoms with E-state index in [-0.39, 0.29) is 5.91 Å². The summed E-state index contributed by atoms with van der Waals surface area (Å²) in [4.78, 5) is 16.6. The van der Waals surface area contributed by atoms with Gasteiger partial charge in [0.1, 0.15) is 5.82 Å². The number of nitrogens with zero attached hydrogens (tertiary/aromatic N) is 4. The molecule has 20 heavy (non-hydrogen) atoms. The lowest BCUT2D eigenvalue weighted by Gasteiger charge is -2.35. The van der Waals surface area contributed by atoms with Gasteiger partial charge in [-0.3, -0.25) is 14.4 Å². The molecule has 0 bridgehead atoms. The molecule has 1 amide bonds. The van der Waals surface area contributed by atoms with Gasteiger partial charge in [-0.25, -0.2) is 0 Å². The van der Waals surface area contributed by atoms with Crippen molar-refractivity contribution in [3.8, 4) is 0 Å². The van der Waals surface area contributed by atoms with Gasteiger partial charge in [0.05, 0.1) is 12.2 Å². The number of likely N-dealkylation sites (N-methyl/N-ethyl adjacent to an activating group) is 1. The van der Waals surface area contributed by atoms with Crippen molar-refractivity contribution >= 4 is 11.7 Å². The normalized spacial score (nSPS) is 20.4. The predicted octanol–water partition coefficient (Wildman–Crippen LogP) is 0.693. The van der Waals surface area contributed by atoms with Crippen LogP contribution in [0.4, 0.5) is 5.82 Å². The number of carbonyl (C=O) groups is 1. The predicted molar refractivity (Wildman–Crippen MR) is 79.7 cm³/mol. The molecule has 0 aliphatic carbocycles. The molecule has 0 saturated carbocycles. The third kappa shape index (κ3) is 3.80. The van der Waals surface area contributed by atoms with Gasteiger partial charge in [0.2, 0.25) is 5.91 Å². The highest BCUT2D eigenvalue weighted by molar-refractivity contribution is 5.91. The van der Waals surface area contributed by atoms with Crippen LogP contribution in [0.2, 0.25) is 0 Å². The fourth-order valence-electron chi connectivity index (χ4n) is 2.71. The zero-order valence-corrected chi connectivity index (χ0v) is 12.9. The zero-order valence-electron chi connectivity index (χ0n) is 12.9. The fourth-order valence-corrected chi connectivity index (χ4v) is 2.71. The third-order valence-electron chi connectivity index (χ3n) is 3.85. The molecule has 1 aliphatic heterocycles. The van der Waals surface area contributed by atoms with Gasteiger partial charge < -0.3 is 10.2 Å². The zero-order chi connectivity index (χ0) is 14.7. The van der Waals surface area contributed by atoms with E-state index < -0.39 is 0 Å². The number of likely N-dealkylation sites (tertiary alicyclic amines) is 1. The molecule has 0 spiro atoms. The Morgan fingerprint density at radius 3 is 2.90 bits per heavy atom. The number of amides is 1. The summed E-state index contributed by atoms with van der Waals surface area (Å²) in [5.74, 6) is 0.793. The largest absolute Gasteiger partial charge is 0.310 e. The summed E-state index contributed by atoms with van der Waals surface area (Å²) in [6.07, 6.45) is 2.37. The second-order valence-corrected chi connectivity index (χ2v) is 5.84. The second kappa shape index (κ2) is 6.37. The van der Waals surface area contributed by atoms with E-state index in [1.54, 1.807) is 4.68 Å². The Morgan fingerprint density at radius 1 is 1.55 bits per heavy atom. The summed E-state index contributed by atoms with van der Waals surface area (Å²) in [5, 5.41) is 7.16. The molecule has 1 aliphatic rings. The Kier molecular flexibility index (Phi) is 4.77. The highest BCUT2D eigenvalue weighted by Gasteiger charge is 2.23. The number of aryl methyl sites for hydroxylation is 2. The van der Waals surface area contributed by atoms with E-state index in [1.807, 2.05) is 20.0 Å². The molecule has 2 heterocycles. The SMILES string of the molecule is Cc1cc(NC(=O)CN2CCC[C@@H](N(C)C)C2)n(C)n1. The van der Waals surface area contributed by atoms with Crippen LogP contribution in [0, 0.1) is 6.92 Å². The summed E-state index contributed by atoms with van der Waals surface area (Å²) < 4.78 is 1.70. The Hall–Kier alpha value is -1.40. The maximum atomic E-state index is 12.1. The van der Waals surface area contributed by atoms with Gasteiger partial charge in [-0.05, 0) is 40.4 Å². The molecule has 0 radical (unpaired) electrons. The second-order valence-electron chi connectivity index (χ2n) is 5.84. The van der Waals surface area contributed by atoms with Crippen LogP contribution < -0.4 is 5.32 Å². The van der Waals surface area contributed by atoms with Crippen molar-refractivity contribution in [2.45, 2.75) is 25.8 Å². The van der Waals surface area contributed by atoms with Crippen molar-refractivity contribution in [3.63, 3.8) is 0 Å². The molecule has 112 valence electrons. The number of anilines is 1. The van der Waals surface area contributed by atoms with Crippen molar-refractivity contribution in [2.75, 3.05) is 39.0 Å². The molecule has 0 unspecified atom stereocenters. The van der Waals surface area contributed by atoms with E-state index in [1.165, 1.54) is 6.42 Å². The topological polar surface area (TPSA) is 53.4 Å². The summed E-state index contributed by atoms with van der Waals surface area (Å²) in [5.41, 5.74) is 0.911. The molecule has 1 N–H and O–H groups in total. The number of rotatable bonds is 4. The fraction of sp³-hybridized carbons (Fsp3) is 0.714. The first kappa shape index (κ1) is 15.0. The van der Waals surface area contributed by atoms with Crippen molar-refractivity contribution < 1.29 is 4.79 Å². The average Bonchev–Trinajstić information content (AvgIpc) is 2.67. The molecule has 1 atom stereocenters. The lowest BCUT2D eigenvalue weighted by Crippen LogP contribution is -2.47. The van der Waals surface area contributed by atoms with Crippen LogP contribution in [0.25, 0.3) is 0 Å². The van der Waals surface area contributed by atoms with E-state index in [9.17, 15) is 4.79 Å². The molecule has 1 fully saturated rings. The Balaban J connectivity index is 1.86. The van der Waals surface area contributed by atoms with Gasteiger partial charge in [0, 0.05) is 25.7 Å².